The van der Waals surface area contributed by atoms with Gasteiger partial charge in [0.2, 0.25) is 0 Å². The Morgan fingerprint density at radius 1 is 1.38 bits per heavy atom. The Kier molecular flexibility index (Phi) is 4.30. The average Bonchev–Trinajstić information content (AvgIpc) is 2.26. The van der Waals surface area contributed by atoms with Gasteiger partial charge in [0.15, 0.2) is 0 Å². The summed E-state index contributed by atoms with van der Waals surface area (Å²) in [4.78, 5) is 2.07. The van der Waals surface area contributed by atoms with Gasteiger partial charge in [0.05, 0.1) is 6.10 Å². The smallest absolute Gasteiger partial charge is 0.123 e. The molecule has 1 aromatic rings. The molecule has 0 spiro atoms. The van der Waals surface area contributed by atoms with Gasteiger partial charge in [0, 0.05) is 24.3 Å². The summed E-state index contributed by atoms with van der Waals surface area (Å²) in [5.74, 6) is -0.308. The highest BCUT2D eigenvalue weighted by Crippen LogP contribution is 2.28. The molecule has 90 valence electrons. The van der Waals surface area contributed by atoms with Crippen molar-refractivity contribution in [3.63, 3.8) is 0 Å². The average molecular weight is 225 g/mol. The quantitative estimate of drug-likeness (QED) is 0.851. The van der Waals surface area contributed by atoms with Gasteiger partial charge in [-0.3, -0.25) is 0 Å². The summed E-state index contributed by atoms with van der Waals surface area (Å²) in [6, 6.07) is 4.92. The Balaban J connectivity index is 3.12. The molecule has 0 aliphatic rings. The molecule has 0 radical (unpaired) electrons. The molecule has 2 nitrogen and oxygen atoms in total. The number of rotatable bonds is 4. The molecule has 0 fully saturated rings. The van der Waals surface area contributed by atoms with Crippen LogP contribution in [-0.2, 0) is 0 Å². The molecular weight excluding hydrogens is 205 g/mol. The van der Waals surface area contributed by atoms with E-state index in [-0.39, 0.29) is 5.82 Å². The fourth-order valence-corrected chi connectivity index (χ4v) is 1.69. The van der Waals surface area contributed by atoms with E-state index >= 15 is 0 Å². The number of hydrogen-bond donors (Lipinski definition) is 1. The van der Waals surface area contributed by atoms with Crippen LogP contribution in [-0.4, -0.2) is 18.2 Å². The Labute approximate surface area is 96.7 Å². The number of anilines is 1. The van der Waals surface area contributed by atoms with Crippen molar-refractivity contribution in [1.29, 1.82) is 0 Å². The first-order valence-corrected chi connectivity index (χ1v) is 5.67. The van der Waals surface area contributed by atoms with Crippen molar-refractivity contribution < 1.29 is 9.50 Å². The van der Waals surface area contributed by atoms with Crippen molar-refractivity contribution in [2.45, 2.75) is 39.3 Å². The second-order valence-corrected chi connectivity index (χ2v) is 4.25. The summed E-state index contributed by atoms with van der Waals surface area (Å²) >= 11 is 0. The molecule has 0 amide bonds. The normalized spacial score (nSPS) is 14.6. The summed E-state index contributed by atoms with van der Waals surface area (Å²) in [5, 5.41) is 9.64. The van der Waals surface area contributed by atoms with E-state index in [0.29, 0.717) is 11.6 Å². The Morgan fingerprint density at radius 2 is 2.00 bits per heavy atom. The number of halogens is 1. The maximum atomic E-state index is 13.1. The third-order valence-corrected chi connectivity index (χ3v) is 3.07. The van der Waals surface area contributed by atoms with Gasteiger partial charge in [-0.2, -0.15) is 0 Å². The van der Waals surface area contributed by atoms with E-state index in [1.807, 2.05) is 7.05 Å². The molecule has 1 aromatic carbocycles. The first-order valence-electron chi connectivity index (χ1n) is 5.67. The molecule has 2 atom stereocenters. The van der Waals surface area contributed by atoms with E-state index in [9.17, 15) is 9.50 Å². The molecule has 0 aromatic heterocycles. The van der Waals surface area contributed by atoms with Gasteiger partial charge < -0.3 is 10.0 Å². The van der Waals surface area contributed by atoms with Crippen molar-refractivity contribution in [1.82, 2.24) is 0 Å². The fourth-order valence-electron chi connectivity index (χ4n) is 1.69. The van der Waals surface area contributed by atoms with E-state index in [2.05, 4.69) is 18.7 Å². The zero-order chi connectivity index (χ0) is 12.3. The van der Waals surface area contributed by atoms with Gasteiger partial charge in [0.1, 0.15) is 5.82 Å². The maximum absolute atomic E-state index is 13.1. The highest BCUT2D eigenvalue weighted by Gasteiger charge is 2.15. The fraction of sp³-hybridized carbons (Fsp3) is 0.538. The summed E-state index contributed by atoms with van der Waals surface area (Å²) in [7, 11) is 1.97. The van der Waals surface area contributed by atoms with E-state index in [0.717, 1.165) is 12.1 Å². The van der Waals surface area contributed by atoms with Gasteiger partial charge in [-0.25, -0.2) is 4.39 Å². The van der Waals surface area contributed by atoms with Crippen LogP contribution in [0, 0.1) is 5.82 Å². The molecule has 16 heavy (non-hydrogen) atoms. The number of aliphatic hydroxyl groups is 1. The van der Waals surface area contributed by atoms with Gasteiger partial charge in [-0.05, 0) is 38.5 Å². The zero-order valence-corrected chi connectivity index (χ0v) is 10.4. The lowest BCUT2D eigenvalue weighted by atomic mass is 10.1. The third-order valence-electron chi connectivity index (χ3n) is 3.07. The van der Waals surface area contributed by atoms with Crippen LogP contribution in [0.5, 0.6) is 0 Å². The molecule has 1 rings (SSSR count). The highest BCUT2D eigenvalue weighted by molar-refractivity contribution is 5.54. The van der Waals surface area contributed by atoms with Crippen LogP contribution in [0.2, 0.25) is 0 Å². The van der Waals surface area contributed by atoms with Gasteiger partial charge >= 0.3 is 0 Å². The van der Waals surface area contributed by atoms with Gasteiger partial charge in [-0.15, -0.1) is 0 Å². The van der Waals surface area contributed by atoms with Crippen LogP contribution < -0.4 is 4.90 Å². The van der Waals surface area contributed by atoms with Crippen LogP contribution in [0.1, 0.15) is 38.9 Å². The van der Waals surface area contributed by atoms with Crippen molar-refractivity contribution in [3.05, 3.63) is 29.6 Å². The molecule has 0 aliphatic carbocycles. The summed E-state index contributed by atoms with van der Waals surface area (Å²) < 4.78 is 13.1. The van der Waals surface area contributed by atoms with Crippen molar-refractivity contribution in [2.24, 2.45) is 0 Å². The minimum absolute atomic E-state index is 0.308. The largest absolute Gasteiger partial charge is 0.389 e. The first kappa shape index (κ1) is 13.0. The molecular formula is C13H20FNO. The van der Waals surface area contributed by atoms with Gasteiger partial charge in [0.25, 0.3) is 0 Å². The second kappa shape index (κ2) is 5.30. The minimum Gasteiger partial charge on any atom is -0.389 e. The third kappa shape index (κ3) is 2.73. The Hall–Kier alpha value is -1.09. The standard InChI is InChI=1S/C13H20FNO/c1-5-9(2)15(4)13-7-6-11(14)8-12(13)10(3)16/h6-10,16H,5H2,1-4H3/t9?,10-/m1/s1. The summed E-state index contributed by atoms with van der Waals surface area (Å²) in [6.45, 7) is 5.87. The molecule has 0 saturated carbocycles. The highest BCUT2D eigenvalue weighted by atomic mass is 19.1. The Bertz CT molecular complexity index is 352. The number of hydrogen-bond acceptors (Lipinski definition) is 2. The van der Waals surface area contributed by atoms with Crippen molar-refractivity contribution in [3.8, 4) is 0 Å². The van der Waals surface area contributed by atoms with Crippen molar-refractivity contribution in [2.75, 3.05) is 11.9 Å². The van der Waals surface area contributed by atoms with E-state index < -0.39 is 6.10 Å². The lowest BCUT2D eigenvalue weighted by Gasteiger charge is -2.29. The van der Waals surface area contributed by atoms with E-state index in [4.69, 9.17) is 0 Å². The molecule has 0 saturated heterocycles. The van der Waals surface area contributed by atoms with E-state index in [1.165, 1.54) is 12.1 Å². The Morgan fingerprint density at radius 3 is 2.50 bits per heavy atom. The predicted molar refractivity (Wildman–Crippen MR) is 65.2 cm³/mol. The van der Waals surface area contributed by atoms with Crippen LogP contribution in [0.15, 0.2) is 18.2 Å². The number of aliphatic hydroxyl groups excluding tert-OH is 1. The molecule has 0 heterocycles. The van der Waals surface area contributed by atoms with Crippen molar-refractivity contribution >= 4 is 5.69 Å². The van der Waals surface area contributed by atoms with Crippen LogP contribution in [0.25, 0.3) is 0 Å². The minimum atomic E-state index is -0.655. The molecule has 0 aliphatic heterocycles. The lowest BCUT2D eigenvalue weighted by molar-refractivity contribution is 0.199. The topological polar surface area (TPSA) is 23.5 Å². The van der Waals surface area contributed by atoms with Crippen LogP contribution in [0.4, 0.5) is 10.1 Å². The second-order valence-electron chi connectivity index (χ2n) is 4.25. The number of nitrogens with zero attached hydrogens (tertiary/aromatic N) is 1. The number of benzene rings is 1. The zero-order valence-electron chi connectivity index (χ0n) is 10.4. The summed E-state index contributed by atoms with van der Waals surface area (Å²) in [5.41, 5.74) is 1.54. The molecule has 1 N–H and O–H groups in total. The maximum Gasteiger partial charge on any atom is 0.123 e. The first-order chi connectivity index (χ1) is 7.47. The van der Waals surface area contributed by atoms with Crippen LogP contribution >= 0.6 is 0 Å². The molecule has 3 heteroatoms. The predicted octanol–water partition coefficient (Wildman–Crippen LogP) is 3.11. The van der Waals surface area contributed by atoms with Crippen LogP contribution in [0.3, 0.4) is 0 Å². The molecule has 0 bridgehead atoms. The monoisotopic (exact) mass is 225 g/mol. The lowest BCUT2D eigenvalue weighted by Crippen LogP contribution is -2.29. The van der Waals surface area contributed by atoms with E-state index in [1.54, 1.807) is 13.0 Å². The van der Waals surface area contributed by atoms with Gasteiger partial charge in [-0.1, -0.05) is 6.92 Å². The summed E-state index contributed by atoms with van der Waals surface area (Å²) in [6.07, 6.45) is 0.352. The molecule has 1 unspecified atom stereocenters. The SMILES string of the molecule is CCC(C)N(C)c1ccc(F)cc1[C@@H](C)O.